The zero-order chi connectivity index (χ0) is 15.1. The highest BCUT2D eigenvalue weighted by atomic mass is 19.1. The molecule has 0 spiro atoms. The topological polar surface area (TPSA) is 15.3 Å². The van der Waals surface area contributed by atoms with Crippen LogP contribution >= 0.6 is 0 Å². The fourth-order valence-electron chi connectivity index (χ4n) is 3.35. The molecule has 1 N–H and O–H groups in total. The average molecular weight is 292 g/mol. The van der Waals surface area contributed by atoms with Crippen molar-refractivity contribution in [3.8, 4) is 0 Å². The van der Waals surface area contributed by atoms with Crippen molar-refractivity contribution in [2.45, 2.75) is 51.5 Å². The van der Waals surface area contributed by atoms with Crippen LogP contribution in [0.3, 0.4) is 0 Å². The van der Waals surface area contributed by atoms with Crippen LogP contribution in [0.25, 0.3) is 0 Å². The molecule has 2 unspecified atom stereocenters. The Balaban J connectivity index is 1.97. The summed E-state index contributed by atoms with van der Waals surface area (Å²) in [5.74, 6) is 0.526. The Morgan fingerprint density at radius 2 is 1.86 bits per heavy atom. The van der Waals surface area contributed by atoms with Crippen molar-refractivity contribution in [3.63, 3.8) is 0 Å². The molecule has 118 valence electrons. The van der Waals surface area contributed by atoms with Gasteiger partial charge < -0.3 is 10.2 Å². The highest BCUT2D eigenvalue weighted by Gasteiger charge is 2.24. The van der Waals surface area contributed by atoms with Crippen LogP contribution in [0.15, 0.2) is 24.3 Å². The molecule has 1 saturated carbocycles. The van der Waals surface area contributed by atoms with E-state index in [0.29, 0.717) is 12.0 Å². The lowest BCUT2D eigenvalue weighted by molar-refractivity contribution is 0.338. The van der Waals surface area contributed by atoms with E-state index in [4.69, 9.17) is 0 Å². The second-order valence-electron chi connectivity index (χ2n) is 6.32. The molecule has 21 heavy (non-hydrogen) atoms. The van der Waals surface area contributed by atoms with Gasteiger partial charge in [-0.25, -0.2) is 4.39 Å². The van der Waals surface area contributed by atoms with Crippen LogP contribution in [0, 0.1) is 11.7 Å². The molecule has 0 bridgehead atoms. The third-order valence-corrected chi connectivity index (χ3v) is 4.59. The molecule has 0 aromatic heterocycles. The molecule has 1 aromatic rings. The molecular formula is C18H29FN2. The number of nitrogens with one attached hydrogen (secondary N) is 1. The molecule has 0 amide bonds. The minimum Gasteiger partial charge on any atom is -0.374 e. The van der Waals surface area contributed by atoms with Crippen molar-refractivity contribution in [2.75, 3.05) is 25.0 Å². The lowest BCUT2D eigenvalue weighted by Gasteiger charge is -2.31. The summed E-state index contributed by atoms with van der Waals surface area (Å²) in [6.07, 6.45) is 7.83. The highest BCUT2D eigenvalue weighted by molar-refractivity contribution is 5.45. The number of halogens is 1. The maximum absolute atomic E-state index is 13.0. The lowest BCUT2D eigenvalue weighted by Crippen LogP contribution is -2.41. The fourth-order valence-corrected chi connectivity index (χ4v) is 3.35. The SMILES string of the molecule is CCCNC1CCCCCC1CN(C)c1ccc(F)cc1. The van der Waals surface area contributed by atoms with Crippen molar-refractivity contribution >= 4 is 5.69 Å². The Labute approximate surface area is 128 Å². The van der Waals surface area contributed by atoms with E-state index in [1.165, 1.54) is 38.5 Å². The molecule has 1 aliphatic carbocycles. The number of benzene rings is 1. The van der Waals surface area contributed by atoms with Crippen molar-refractivity contribution in [2.24, 2.45) is 5.92 Å². The van der Waals surface area contributed by atoms with Crippen molar-refractivity contribution in [1.82, 2.24) is 5.32 Å². The van der Waals surface area contributed by atoms with E-state index >= 15 is 0 Å². The van der Waals surface area contributed by atoms with Crippen LogP contribution in [-0.4, -0.2) is 26.2 Å². The van der Waals surface area contributed by atoms with Gasteiger partial charge in [0.05, 0.1) is 0 Å². The number of anilines is 1. The molecule has 3 heteroatoms. The van der Waals surface area contributed by atoms with E-state index in [-0.39, 0.29) is 5.82 Å². The van der Waals surface area contributed by atoms with Gasteiger partial charge in [-0.3, -0.25) is 0 Å². The predicted molar refractivity (Wildman–Crippen MR) is 88.3 cm³/mol. The first-order valence-electron chi connectivity index (χ1n) is 8.40. The van der Waals surface area contributed by atoms with Gasteiger partial charge in [-0.1, -0.05) is 26.2 Å². The van der Waals surface area contributed by atoms with Gasteiger partial charge in [0.25, 0.3) is 0 Å². The molecule has 0 radical (unpaired) electrons. The minimum absolute atomic E-state index is 0.163. The Bertz CT molecular complexity index is 404. The lowest BCUT2D eigenvalue weighted by atomic mass is 9.94. The van der Waals surface area contributed by atoms with Crippen LogP contribution in [-0.2, 0) is 0 Å². The summed E-state index contributed by atoms with van der Waals surface area (Å²) in [6.45, 7) is 4.39. The number of hydrogen-bond donors (Lipinski definition) is 1. The third-order valence-electron chi connectivity index (χ3n) is 4.59. The molecular weight excluding hydrogens is 263 g/mol. The first-order valence-corrected chi connectivity index (χ1v) is 8.40. The Kier molecular flexibility index (Phi) is 6.50. The van der Waals surface area contributed by atoms with Gasteiger partial charge in [-0.05, 0) is 56.0 Å². The second kappa shape index (κ2) is 8.38. The zero-order valence-corrected chi connectivity index (χ0v) is 13.4. The molecule has 1 aromatic carbocycles. The van der Waals surface area contributed by atoms with Gasteiger partial charge in [0.15, 0.2) is 0 Å². The first-order chi connectivity index (χ1) is 10.2. The number of hydrogen-bond acceptors (Lipinski definition) is 2. The van der Waals surface area contributed by atoms with Crippen LogP contribution < -0.4 is 10.2 Å². The first kappa shape index (κ1) is 16.3. The quantitative estimate of drug-likeness (QED) is 0.790. The van der Waals surface area contributed by atoms with Crippen molar-refractivity contribution in [1.29, 1.82) is 0 Å². The van der Waals surface area contributed by atoms with Crippen LogP contribution in [0.5, 0.6) is 0 Å². The average Bonchev–Trinajstić information content (AvgIpc) is 2.71. The molecule has 1 fully saturated rings. The van der Waals surface area contributed by atoms with E-state index in [1.807, 2.05) is 12.1 Å². The maximum atomic E-state index is 13.0. The minimum atomic E-state index is -0.163. The van der Waals surface area contributed by atoms with Crippen LogP contribution in [0.4, 0.5) is 10.1 Å². The largest absolute Gasteiger partial charge is 0.374 e. The van der Waals surface area contributed by atoms with E-state index in [9.17, 15) is 4.39 Å². The highest BCUT2D eigenvalue weighted by Crippen LogP contribution is 2.26. The summed E-state index contributed by atoms with van der Waals surface area (Å²) in [7, 11) is 2.12. The summed E-state index contributed by atoms with van der Waals surface area (Å²) >= 11 is 0. The summed E-state index contributed by atoms with van der Waals surface area (Å²) in [5, 5.41) is 3.74. The molecule has 0 heterocycles. The summed E-state index contributed by atoms with van der Waals surface area (Å²) in [4.78, 5) is 2.27. The van der Waals surface area contributed by atoms with Gasteiger partial charge in [0.2, 0.25) is 0 Å². The van der Waals surface area contributed by atoms with Gasteiger partial charge >= 0.3 is 0 Å². The summed E-state index contributed by atoms with van der Waals surface area (Å²) in [5.41, 5.74) is 1.11. The van der Waals surface area contributed by atoms with Crippen LogP contribution in [0.2, 0.25) is 0 Å². The summed E-state index contributed by atoms with van der Waals surface area (Å²) in [6, 6.07) is 7.48. The van der Waals surface area contributed by atoms with E-state index < -0.39 is 0 Å². The predicted octanol–water partition coefficient (Wildman–Crippen LogP) is 4.21. The maximum Gasteiger partial charge on any atom is 0.123 e. The Hall–Kier alpha value is -1.09. The zero-order valence-electron chi connectivity index (χ0n) is 13.4. The standard InChI is InChI=1S/C18H29FN2/c1-3-13-20-18-8-6-4-5-7-15(18)14-21(2)17-11-9-16(19)10-12-17/h9-12,15,18,20H,3-8,13-14H2,1-2H3. The molecule has 0 aliphatic heterocycles. The summed E-state index contributed by atoms with van der Waals surface area (Å²) < 4.78 is 13.0. The van der Waals surface area contributed by atoms with Crippen molar-refractivity contribution in [3.05, 3.63) is 30.1 Å². The van der Waals surface area contributed by atoms with Gasteiger partial charge in [0, 0.05) is 25.3 Å². The van der Waals surface area contributed by atoms with E-state index in [2.05, 4.69) is 24.2 Å². The molecule has 0 saturated heterocycles. The number of rotatable bonds is 6. The fraction of sp³-hybridized carbons (Fsp3) is 0.667. The smallest absolute Gasteiger partial charge is 0.123 e. The van der Waals surface area contributed by atoms with E-state index in [0.717, 1.165) is 18.8 Å². The third kappa shape index (κ3) is 4.99. The van der Waals surface area contributed by atoms with Gasteiger partial charge in [0.1, 0.15) is 5.82 Å². The van der Waals surface area contributed by atoms with Crippen LogP contribution in [0.1, 0.15) is 45.4 Å². The normalized spacial score (nSPS) is 22.8. The molecule has 2 nitrogen and oxygen atoms in total. The Morgan fingerprint density at radius 1 is 1.14 bits per heavy atom. The van der Waals surface area contributed by atoms with Gasteiger partial charge in [-0.2, -0.15) is 0 Å². The van der Waals surface area contributed by atoms with E-state index in [1.54, 1.807) is 12.1 Å². The molecule has 2 rings (SSSR count). The molecule has 1 aliphatic rings. The monoisotopic (exact) mass is 292 g/mol. The number of nitrogens with zero attached hydrogens (tertiary/aromatic N) is 1. The second-order valence-corrected chi connectivity index (χ2v) is 6.32. The Morgan fingerprint density at radius 3 is 2.57 bits per heavy atom. The molecule has 2 atom stereocenters. The van der Waals surface area contributed by atoms with Gasteiger partial charge in [-0.15, -0.1) is 0 Å². The van der Waals surface area contributed by atoms with Crippen molar-refractivity contribution < 1.29 is 4.39 Å².